The molecule has 0 bridgehead atoms. The highest BCUT2D eigenvalue weighted by Crippen LogP contribution is 2.29. The SMILES string of the molecule is CC(C)NCC(OC1CCC1)c1ccccc1F. The minimum Gasteiger partial charge on any atom is -0.369 e. The highest BCUT2D eigenvalue weighted by Gasteiger charge is 2.25. The second-order valence-electron chi connectivity index (χ2n) is 5.26. The number of nitrogens with one attached hydrogen (secondary N) is 1. The summed E-state index contributed by atoms with van der Waals surface area (Å²) in [7, 11) is 0. The van der Waals surface area contributed by atoms with Crippen molar-refractivity contribution in [3.05, 3.63) is 35.6 Å². The Labute approximate surface area is 109 Å². The molecule has 1 fully saturated rings. The maximum Gasteiger partial charge on any atom is 0.129 e. The molecule has 1 aliphatic rings. The summed E-state index contributed by atoms with van der Waals surface area (Å²) in [5.74, 6) is -0.174. The standard InChI is InChI=1S/C15H22FNO/c1-11(2)17-10-15(18-12-6-5-7-12)13-8-3-4-9-14(13)16/h3-4,8-9,11-12,15,17H,5-7,10H2,1-2H3. The molecule has 100 valence electrons. The van der Waals surface area contributed by atoms with E-state index >= 15 is 0 Å². The predicted octanol–water partition coefficient (Wildman–Crippen LogP) is 3.43. The largest absolute Gasteiger partial charge is 0.369 e. The predicted molar refractivity (Wildman–Crippen MR) is 71.0 cm³/mol. The van der Waals surface area contributed by atoms with Crippen molar-refractivity contribution in [3.63, 3.8) is 0 Å². The van der Waals surface area contributed by atoms with Gasteiger partial charge in [-0.25, -0.2) is 4.39 Å². The number of ether oxygens (including phenoxy) is 1. The van der Waals surface area contributed by atoms with Gasteiger partial charge in [0.1, 0.15) is 5.82 Å². The molecule has 1 aromatic rings. The Balaban J connectivity index is 2.04. The Morgan fingerprint density at radius 1 is 1.33 bits per heavy atom. The minimum absolute atomic E-state index is 0.174. The monoisotopic (exact) mass is 251 g/mol. The molecule has 0 amide bonds. The van der Waals surface area contributed by atoms with Gasteiger partial charge in [0.15, 0.2) is 0 Å². The fourth-order valence-corrected chi connectivity index (χ4v) is 2.05. The molecule has 0 aromatic heterocycles. The molecule has 1 aromatic carbocycles. The van der Waals surface area contributed by atoms with E-state index in [1.165, 1.54) is 12.5 Å². The highest BCUT2D eigenvalue weighted by atomic mass is 19.1. The van der Waals surface area contributed by atoms with Crippen LogP contribution in [0.3, 0.4) is 0 Å². The van der Waals surface area contributed by atoms with Crippen molar-refractivity contribution in [2.75, 3.05) is 6.54 Å². The molecule has 18 heavy (non-hydrogen) atoms. The van der Waals surface area contributed by atoms with Crippen LogP contribution in [0.15, 0.2) is 24.3 Å². The van der Waals surface area contributed by atoms with Crippen molar-refractivity contribution >= 4 is 0 Å². The summed E-state index contributed by atoms with van der Waals surface area (Å²) < 4.78 is 19.8. The van der Waals surface area contributed by atoms with Gasteiger partial charge in [-0.3, -0.25) is 0 Å². The fourth-order valence-electron chi connectivity index (χ4n) is 2.05. The highest BCUT2D eigenvalue weighted by molar-refractivity contribution is 5.20. The molecule has 1 N–H and O–H groups in total. The summed E-state index contributed by atoms with van der Waals surface area (Å²) in [6, 6.07) is 7.28. The van der Waals surface area contributed by atoms with Gasteiger partial charge in [0, 0.05) is 18.2 Å². The molecule has 2 nitrogen and oxygen atoms in total. The lowest BCUT2D eigenvalue weighted by Crippen LogP contribution is -2.33. The average molecular weight is 251 g/mol. The lowest BCUT2D eigenvalue weighted by molar-refractivity contribution is -0.0538. The quantitative estimate of drug-likeness (QED) is 0.836. The van der Waals surface area contributed by atoms with Crippen molar-refractivity contribution in [2.45, 2.75) is 51.4 Å². The molecule has 2 rings (SSSR count). The van der Waals surface area contributed by atoms with Crippen molar-refractivity contribution in [2.24, 2.45) is 0 Å². The Kier molecular flexibility index (Phi) is 4.72. The first kappa shape index (κ1) is 13.5. The molecule has 1 atom stereocenters. The smallest absolute Gasteiger partial charge is 0.129 e. The first-order chi connectivity index (χ1) is 8.66. The zero-order valence-corrected chi connectivity index (χ0v) is 11.2. The Hall–Kier alpha value is -0.930. The zero-order valence-electron chi connectivity index (χ0n) is 11.2. The summed E-state index contributed by atoms with van der Waals surface area (Å²) >= 11 is 0. The van der Waals surface area contributed by atoms with Gasteiger partial charge in [0.2, 0.25) is 0 Å². The Bertz CT molecular complexity index is 377. The van der Waals surface area contributed by atoms with E-state index in [0.717, 1.165) is 12.8 Å². The van der Waals surface area contributed by atoms with Gasteiger partial charge in [-0.05, 0) is 25.3 Å². The lowest BCUT2D eigenvalue weighted by atomic mass is 9.95. The van der Waals surface area contributed by atoms with Crippen LogP contribution in [0.4, 0.5) is 4.39 Å². The van der Waals surface area contributed by atoms with Crippen molar-refractivity contribution in [3.8, 4) is 0 Å². The molecule has 0 saturated heterocycles. The van der Waals surface area contributed by atoms with Crippen LogP contribution in [0.1, 0.15) is 44.8 Å². The van der Waals surface area contributed by atoms with E-state index in [2.05, 4.69) is 19.2 Å². The molecule has 1 aliphatic carbocycles. The van der Waals surface area contributed by atoms with Crippen molar-refractivity contribution in [1.29, 1.82) is 0 Å². The van der Waals surface area contributed by atoms with Crippen LogP contribution < -0.4 is 5.32 Å². The van der Waals surface area contributed by atoms with E-state index in [9.17, 15) is 4.39 Å². The normalized spacial score (nSPS) is 17.8. The topological polar surface area (TPSA) is 21.3 Å². The molecular weight excluding hydrogens is 229 g/mol. The fraction of sp³-hybridized carbons (Fsp3) is 0.600. The van der Waals surface area contributed by atoms with E-state index in [0.29, 0.717) is 24.3 Å². The van der Waals surface area contributed by atoms with Crippen LogP contribution in [0.5, 0.6) is 0 Å². The summed E-state index contributed by atoms with van der Waals surface area (Å²) in [4.78, 5) is 0. The van der Waals surface area contributed by atoms with E-state index in [1.54, 1.807) is 6.07 Å². The van der Waals surface area contributed by atoms with E-state index in [4.69, 9.17) is 4.74 Å². The maximum atomic E-state index is 13.8. The van der Waals surface area contributed by atoms with Gasteiger partial charge >= 0.3 is 0 Å². The van der Waals surface area contributed by atoms with E-state index in [-0.39, 0.29) is 11.9 Å². The molecular formula is C15H22FNO. The van der Waals surface area contributed by atoms with Crippen molar-refractivity contribution in [1.82, 2.24) is 5.32 Å². The van der Waals surface area contributed by atoms with Crippen LogP contribution in [0.25, 0.3) is 0 Å². The maximum absolute atomic E-state index is 13.8. The zero-order chi connectivity index (χ0) is 13.0. The molecule has 0 radical (unpaired) electrons. The second kappa shape index (κ2) is 6.30. The molecule has 1 unspecified atom stereocenters. The lowest BCUT2D eigenvalue weighted by Gasteiger charge is -2.31. The Morgan fingerprint density at radius 2 is 2.06 bits per heavy atom. The van der Waals surface area contributed by atoms with Crippen molar-refractivity contribution < 1.29 is 9.13 Å². The second-order valence-corrected chi connectivity index (χ2v) is 5.26. The third-order valence-corrected chi connectivity index (χ3v) is 3.37. The van der Waals surface area contributed by atoms with Gasteiger partial charge in [0.25, 0.3) is 0 Å². The summed E-state index contributed by atoms with van der Waals surface area (Å²) in [5, 5.41) is 3.33. The van der Waals surface area contributed by atoms with Gasteiger partial charge in [-0.15, -0.1) is 0 Å². The average Bonchev–Trinajstić information content (AvgIpc) is 2.28. The third-order valence-electron chi connectivity index (χ3n) is 3.37. The van der Waals surface area contributed by atoms with E-state index < -0.39 is 0 Å². The Morgan fingerprint density at radius 3 is 2.61 bits per heavy atom. The molecule has 0 heterocycles. The number of halogens is 1. The third kappa shape index (κ3) is 3.53. The number of hydrogen-bond donors (Lipinski definition) is 1. The first-order valence-corrected chi connectivity index (χ1v) is 6.80. The summed E-state index contributed by atoms with van der Waals surface area (Å²) in [5.41, 5.74) is 0.664. The molecule has 3 heteroatoms. The number of benzene rings is 1. The number of hydrogen-bond acceptors (Lipinski definition) is 2. The summed E-state index contributed by atoms with van der Waals surface area (Å²) in [6.07, 6.45) is 3.56. The molecule has 1 saturated carbocycles. The van der Waals surface area contributed by atoms with Gasteiger partial charge in [-0.1, -0.05) is 32.0 Å². The first-order valence-electron chi connectivity index (χ1n) is 6.80. The van der Waals surface area contributed by atoms with Gasteiger partial charge < -0.3 is 10.1 Å². The van der Waals surface area contributed by atoms with Crippen LogP contribution in [0.2, 0.25) is 0 Å². The minimum atomic E-state index is -0.182. The molecule has 0 spiro atoms. The number of rotatable bonds is 6. The molecule has 0 aliphatic heterocycles. The van der Waals surface area contributed by atoms with Crippen LogP contribution in [-0.2, 0) is 4.74 Å². The summed E-state index contributed by atoms with van der Waals surface area (Å²) in [6.45, 7) is 4.83. The van der Waals surface area contributed by atoms with Crippen LogP contribution in [-0.4, -0.2) is 18.7 Å². The van der Waals surface area contributed by atoms with Crippen LogP contribution in [0, 0.1) is 5.82 Å². The van der Waals surface area contributed by atoms with Gasteiger partial charge in [-0.2, -0.15) is 0 Å². The van der Waals surface area contributed by atoms with Gasteiger partial charge in [0.05, 0.1) is 12.2 Å². The van der Waals surface area contributed by atoms with E-state index in [1.807, 2.05) is 12.1 Å². The van der Waals surface area contributed by atoms with Crippen LogP contribution >= 0.6 is 0 Å².